The Hall–Kier alpha value is -7.99. The number of nitrogens with zero attached hydrogens (tertiary/aromatic N) is 14. The van der Waals surface area contributed by atoms with Gasteiger partial charge in [0.25, 0.3) is 11.9 Å². The minimum absolute atomic E-state index is 0.0341. The minimum Gasteiger partial charge on any atom is -0.378 e. The number of nitrogens with one attached hydrogen (secondary N) is 1. The lowest BCUT2D eigenvalue weighted by Crippen LogP contribution is -2.59. The number of piperidine rings is 4. The van der Waals surface area contributed by atoms with Crippen LogP contribution in [0.25, 0.3) is 0 Å². The molecule has 25 heteroatoms. The summed E-state index contributed by atoms with van der Waals surface area (Å²) in [5.41, 5.74) is 15.1. The van der Waals surface area contributed by atoms with Crippen LogP contribution in [0.4, 0.5) is 39.0 Å². The predicted molar refractivity (Wildman–Crippen MR) is 380 cm³/mol. The number of halogens is 5. The molecule has 2 aromatic carbocycles. The quantitative estimate of drug-likeness (QED) is 0.0859. The Balaban J connectivity index is 0.000000141. The Morgan fingerprint density at radius 2 is 0.960 bits per heavy atom. The van der Waals surface area contributed by atoms with Crippen LogP contribution in [0.5, 0.6) is 0 Å². The van der Waals surface area contributed by atoms with Gasteiger partial charge in [-0.3, -0.25) is 25.1 Å². The van der Waals surface area contributed by atoms with E-state index in [4.69, 9.17) is 29.5 Å². The van der Waals surface area contributed by atoms with Gasteiger partial charge >= 0.3 is 11.7 Å². The normalized spacial score (nSPS) is 27.6. The van der Waals surface area contributed by atoms with E-state index in [0.29, 0.717) is 47.5 Å². The van der Waals surface area contributed by atoms with Gasteiger partial charge in [0.15, 0.2) is 23.6 Å². The molecule has 4 aromatic rings. The van der Waals surface area contributed by atoms with Crippen LogP contribution < -0.4 is 30.2 Å². The number of ether oxygens (including phenoxy) is 2. The van der Waals surface area contributed by atoms with Crippen molar-refractivity contribution in [2.75, 3.05) is 93.9 Å². The Morgan fingerprint density at radius 1 is 0.525 bits per heavy atom. The predicted octanol–water partition coefficient (Wildman–Crippen LogP) is 7.35. The third-order valence-electron chi connectivity index (χ3n) is 24.2. The molecule has 3 N–H and O–H groups in total. The third kappa shape index (κ3) is 12.1. The molecule has 6 saturated heterocycles. The Morgan fingerprint density at radius 3 is 1.41 bits per heavy atom. The number of hydrogen-bond acceptors (Lipinski definition) is 16. The number of hydrogen-bond donors (Lipinski definition) is 2. The molecule has 2 aromatic heterocycles. The van der Waals surface area contributed by atoms with Crippen LogP contribution >= 0.6 is 0 Å². The van der Waals surface area contributed by atoms with E-state index in [1.165, 1.54) is 69.4 Å². The molecule has 20 nitrogen and oxygen atoms in total. The number of likely N-dealkylation sites (tertiary alicyclic amines) is 4. The molecule has 2 saturated carbocycles. The zero-order valence-corrected chi connectivity index (χ0v) is 58.1. The van der Waals surface area contributed by atoms with Crippen LogP contribution in [0.1, 0.15) is 140 Å². The fourth-order valence-electron chi connectivity index (χ4n) is 18.0. The lowest BCUT2D eigenvalue weighted by atomic mass is 9.73. The van der Waals surface area contributed by atoms with E-state index in [2.05, 4.69) is 125 Å². The highest BCUT2D eigenvalue weighted by molar-refractivity contribution is 6.19. The number of allylic oxidation sites excluding steroid dienone is 2. The van der Waals surface area contributed by atoms with E-state index in [9.17, 15) is 31.5 Å². The first-order valence-corrected chi connectivity index (χ1v) is 36.8. The van der Waals surface area contributed by atoms with E-state index >= 15 is 0 Å². The number of aromatic nitrogens is 2. The van der Waals surface area contributed by atoms with Gasteiger partial charge in [-0.05, 0) is 199 Å². The summed E-state index contributed by atoms with van der Waals surface area (Å²) in [7, 11) is 0. The average Bonchev–Trinajstić information content (AvgIpc) is 1.56. The summed E-state index contributed by atoms with van der Waals surface area (Å²) in [6.07, 6.45) is 25.1. The zero-order chi connectivity index (χ0) is 69.6. The van der Waals surface area contributed by atoms with E-state index in [1.807, 2.05) is 17.3 Å². The molecule has 14 heterocycles. The molecule has 0 radical (unpaired) electrons. The van der Waals surface area contributed by atoms with Crippen molar-refractivity contribution in [1.82, 2.24) is 48.7 Å². The standard InChI is InChI=1S/C38H44F2N8O2.C33H43N7O2.C5H2F3N/c1-23(2)47-22-42-31-19-30(44-36(34(31)47)43-29-8-11-41-35(40)33(29)39)24-6-7-28-32(16-24)48(26-17-25(18-26)45-12-4-3-5-13-45)37(49)38(28)9-14-46(15-10-38)27-20-50-21-27;1-21(2)39-20-35-28-17-27(36-31(34)30(28)39)22-6-7-26-29(14-22)40(24-15-23(16-24)37-10-4-3-5-11-37)32(41)33(26)8-12-38(13-9-33)25-18-42-19-25;6-3-1-2-9-5(8)4(3)7/h6-8,11,16,19,22-23,25-27,34H,3-5,9-10,12-15,17-18,20-21H2,1-2H3;6-7,14,17,20-21,23-25,30,34H,3-5,8-13,15-16,18-19H2,1-2H3;1-2H/p+2. The second kappa shape index (κ2) is 27.3. The van der Waals surface area contributed by atoms with Crippen LogP contribution in [-0.2, 0) is 29.9 Å². The first-order valence-electron chi connectivity index (χ1n) is 36.8. The summed E-state index contributed by atoms with van der Waals surface area (Å²) in [6.45, 7) is 20.0. The van der Waals surface area contributed by atoms with Crippen LogP contribution in [0.15, 0.2) is 94.5 Å². The van der Waals surface area contributed by atoms with Crippen LogP contribution in [-0.4, -0.2) is 226 Å². The molecular weight excluding hydrogens is 1300 g/mol. The van der Waals surface area contributed by atoms with Gasteiger partial charge in [-0.1, -0.05) is 25.0 Å². The molecule has 14 aliphatic rings. The summed E-state index contributed by atoms with van der Waals surface area (Å²) in [4.78, 5) is 64.0. The molecule has 2 unspecified atom stereocenters. The molecular formula is C76H91F5N16O4+2. The van der Waals surface area contributed by atoms with Crippen molar-refractivity contribution < 1.29 is 41.0 Å². The number of amidine groups is 2. The first-order chi connectivity index (χ1) is 48.9. The number of benzene rings is 2. The van der Waals surface area contributed by atoms with Crippen molar-refractivity contribution in [1.29, 1.82) is 0 Å². The molecule has 18 rings (SSSR count). The highest BCUT2D eigenvalue weighted by Crippen LogP contribution is 2.54. The SMILES string of the molecule is CC(C)N1C=NC2=CC(c3ccc4c(c3)N(C3CC(N5CCCCC5)C3)C(=O)C43CCN(C4COC4)CC3)=[N+]=C(N)C21.CC(C)N1C=NC2=CC(c3ccc4c(c3)N(C3CC(N5CCCCC5)C3)C(=O)C43CCN(C4COC4)CC3)=[N+]=C(Nc3ccnc(F)c3F)C21.Fc1ccnc(F)c1F. The summed E-state index contributed by atoms with van der Waals surface area (Å²) < 4.78 is 85.6. The van der Waals surface area contributed by atoms with E-state index in [-0.39, 0.29) is 47.8 Å². The average molecular weight is 1390 g/mol. The Labute approximate surface area is 586 Å². The fraction of sp³-hybridized carbons (Fsp3) is 0.553. The number of fused-ring (bicyclic) bond motifs is 6. The molecule has 532 valence electrons. The zero-order valence-electron chi connectivity index (χ0n) is 58.1. The van der Waals surface area contributed by atoms with E-state index in [0.717, 1.165) is 174 Å². The Kier molecular flexibility index (Phi) is 18.3. The topological polar surface area (TPSA) is 195 Å². The number of rotatable bonds is 11. The van der Waals surface area contributed by atoms with Crippen molar-refractivity contribution in [3.05, 3.63) is 136 Å². The van der Waals surface area contributed by atoms with Gasteiger partial charge < -0.3 is 38.9 Å². The highest BCUT2D eigenvalue weighted by atomic mass is 19.2. The maximum Gasteiger partial charge on any atom is 0.377 e. The van der Waals surface area contributed by atoms with E-state index < -0.39 is 40.2 Å². The van der Waals surface area contributed by atoms with Crippen LogP contribution in [0.3, 0.4) is 0 Å². The molecule has 2 amide bonds. The summed E-state index contributed by atoms with van der Waals surface area (Å²) in [5.74, 6) is -4.78. The summed E-state index contributed by atoms with van der Waals surface area (Å²) in [6, 6.07) is 17.6. The number of anilines is 3. The largest absolute Gasteiger partial charge is 0.378 e. The molecule has 2 aliphatic carbocycles. The first kappa shape index (κ1) is 67.5. The second-order valence-electron chi connectivity index (χ2n) is 30.5. The maximum atomic E-state index is 14.9. The molecule has 2 atom stereocenters. The minimum atomic E-state index is -1.53. The van der Waals surface area contributed by atoms with Crippen molar-refractivity contribution >= 4 is 64.6 Å². The van der Waals surface area contributed by atoms with Crippen LogP contribution in [0, 0.1) is 29.3 Å². The summed E-state index contributed by atoms with van der Waals surface area (Å²) >= 11 is 0. The lowest BCUT2D eigenvalue weighted by molar-refractivity contribution is -0.128. The van der Waals surface area contributed by atoms with Gasteiger partial charge in [-0.15, -0.1) is 0 Å². The van der Waals surface area contributed by atoms with Crippen molar-refractivity contribution in [2.45, 2.75) is 189 Å². The second-order valence-corrected chi connectivity index (χ2v) is 30.5. The van der Waals surface area contributed by atoms with Gasteiger partial charge in [0, 0.05) is 89.4 Å². The number of amides is 2. The fourth-order valence-corrected chi connectivity index (χ4v) is 18.0. The molecule has 2 spiro atoms. The molecule has 12 aliphatic heterocycles. The smallest absolute Gasteiger partial charge is 0.377 e. The molecule has 0 bridgehead atoms. The van der Waals surface area contributed by atoms with Gasteiger partial charge in [0.05, 0.1) is 73.4 Å². The number of carbonyl (C=O) groups is 2. The number of aliphatic imine (C=N–C) groups is 2. The van der Waals surface area contributed by atoms with Crippen molar-refractivity contribution in [3.8, 4) is 0 Å². The monoisotopic (exact) mass is 1390 g/mol. The van der Waals surface area contributed by atoms with Gasteiger partial charge in [-0.25, -0.2) is 39.0 Å². The van der Waals surface area contributed by atoms with Crippen molar-refractivity contribution in [3.63, 3.8) is 0 Å². The molecule has 8 fully saturated rings. The van der Waals surface area contributed by atoms with Crippen molar-refractivity contribution in [2.24, 2.45) is 15.7 Å². The lowest BCUT2D eigenvalue weighted by Gasteiger charge is -2.48. The van der Waals surface area contributed by atoms with E-state index in [1.54, 1.807) is 6.34 Å². The van der Waals surface area contributed by atoms with Gasteiger partial charge in [-0.2, -0.15) is 17.6 Å². The molecule has 101 heavy (non-hydrogen) atoms. The number of carbonyl (C=O) groups excluding carboxylic acids is 2. The summed E-state index contributed by atoms with van der Waals surface area (Å²) in [5, 5.41) is 3.08. The van der Waals surface area contributed by atoms with Gasteiger partial charge in [0.1, 0.15) is 0 Å². The van der Waals surface area contributed by atoms with Crippen LogP contribution in [0.2, 0.25) is 0 Å². The number of nitrogens with two attached hydrogens (primary N) is 1. The maximum absolute atomic E-state index is 14.9. The Bertz CT molecular complexity index is 4150. The van der Waals surface area contributed by atoms with Gasteiger partial charge in [0.2, 0.25) is 34.9 Å². The third-order valence-corrected chi connectivity index (χ3v) is 24.2. The highest BCUT2D eigenvalue weighted by Gasteiger charge is 2.59. The number of pyridine rings is 2.